The van der Waals surface area contributed by atoms with Gasteiger partial charge in [-0.1, -0.05) is 76.6 Å². The highest BCUT2D eigenvalue weighted by Crippen LogP contribution is 2.21. The van der Waals surface area contributed by atoms with Crippen molar-refractivity contribution < 1.29 is 9.53 Å². The molecule has 7 nitrogen and oxygen atoms in total. The molecular weight excluding hydrogens is 538 g/mol. The highest BCUT2D eigenvalue weighted by molar-refractivity contribution is 9.10. The summed E-state index contributed by atoms with van der Waals surface area (Å²) in [6.07, 6.45) is 0.0782. The number of halogens is 1. The van der Waals surface area contributed by atoms with Crippen LogP contribution in [0.2, 0.25) is 0 Å². The number of thiocarbonyl (C=S) groups is 1. The molecule has 3 aromatic carbocycles. The van der Waals surface area contributed by atoms with E-state index in [1.54, 1.807) is 0 Å². The SMILES string of the molecule is NC(CC(=O)OCc1ccccc1NC(=S)Nc1ccc(-c2ccccc2)nn1)c1ccc(Br)cc1. The molecule has 0 amide bonds. The number of nitrogens with two attached hydrogens (primary N) is 1. The largest absolute Gasteiger partial charge is 0.461 e. The maximum absolute atomic E-state index is 12.4. The molecular formula is C27H24BrN5O2S. The van der Waals surface area contributed by atoms with Gasteiger partial charge >= 0.3 is 5.97 Å². The molecule has 0 aliphatic rings. The molecule has 4 N–H and O–H groups in total. The smallest absolute Gasteiger partial charge is 0.308 e. The van der Waals surface area contributed by atoms with Gasteiger partial charge in [0, 0.05) is 27.3 Å². The van der Waals surface area contributed by atoms with Crippen LogP contribution < -0.4 is 16.4 Å². The zero-order chi connectivity index (χ0) is 25.3. The molecule has 4 aromatic rings. The fraction of sp³-hybridized carbons (Fsp3) is 0.111. The van der Waals surface area contributed by atoms with Crippen LogP contribution in [0, 0.1) is 0 Å². The van der Waals surface area contributed by atoms with Crippen molar-refractivity contribution in [1.29, 1.82) is 0 Å². The van der Waals surface area contributed by atoms with Gasteiger partial charge in [0.25, 0.3) is 0 Å². The summed E-state index contributed by atoms with van der Waals surface area (Å²) >= 11 is 8.83. The summed E-state index contributed by atoms with van der Waals surface area (Å²) in [5, 5.41) is 15.0. The van der Waals surface area contributed by atoms with E-state index in [9.17, 15) is 4.79 Å². The molecule has 0 spiro atoms. The Hall–Kier alpha value is -3.66. The number of anilines is 2. The molecule has 0 saturated heterocycles. The number of hydrogen-bond donors (Lipinski definition) is 3. The number of hydrogen-bond acceptors (Lipinski definition) is 6. The number of nitrogens with one attached hydrogen (secondary N) is 2. The first-order valence-electron chi connectivity index (χ1n) is 11.2. The third-order valence-electron chi connectivity index (χ3n) is 5.31. The summed E-state index contributed by atoms with van der Waals surface area (Å²) in [6.45, 7) is 0.0866. The van der Waals surface area contributed by atoms with Crippen LogP contribution in [-0.4, -0.2) is 21.3 Å². The van der Waals surface area contributed by atoms with E-state index in [2.05, 4.69) is 36.8 Å². The Balaban J connectivity index is 1.31. The second-order valence-electron chi connectivity index (χ2n) is 7.93. The van der Waals surface area contributed by atoms with Gasteiger partial charge in [-0.25, -0.2) is 0 Å². The fourth-order valence-corrected chi connectivity index (χ4v) is 3.90. The van der Waals surface area contributed by atoms with Crippen LogP contribution in [-0.2, 0) is 16.1 Å². The minimum atomic E-state index is -0.440. The van der Waals surface area contributed by atoms with E-state index in [4.69, 9.17) is 22.7 Å². The van der Waals surface area contributed by atoms with Crippen molar-refractivity contribution >= 4 is 50.7 Å². The maximum atomic E-state index is 12.4. The van der Waals surface area contributed by atoms with Crippen molar-refractivity contribution in [3.8, 4) is 11.3 Å². The third kappa shape index (κ3) is 7.17. The average molecular weight is 562 g/mol. The summed E-state index contributed by atoms with van der Waals surface area (Å²) in [4.78, 5) is 12.4. The number of aromatic nitrogens is 2. The first kappa shape index (κ1) is 25.4. The van der Waals surface area contributed by atoms with E-state index in [-0.39, 0.29) is 19.0 Å². The summed E-state index contributed by atoms with van der Waals surface area (Å²) in [5.41, 5.74) is 10.3. The minimum Gasteiger partial charge on any atom is -0.461 e. The Kier molecular flexibility index (Phi) is 8.72. The monoisotopic (exact) mass is 561 g/mol. The van der Waals surface area contributed by atoms with Gasteiger partial charge in [0.15, 0.2) is 10.9 Å². The minimum absolute atomic E-state index is 0.0782. The number of carbonyl (C=O) groups excluding carboxylic acids is 1. The van der Waals surface area contributed by atoms with Crippen molar-refractivity contribution in [1.82, 2.24) is 10.2 Å². The Morgan fingerprint density at radius 2 is 1.64 bits per heavy atom. The summed E-state index contributed by atoms with van der Waals surface area (Å²) < 4.78 is 6.44. The van der Waals surface area contributed by atoms with E-state index >= 15 is 0 Å². The molecule has 0 saturated carbocycles. The molecule has 36 heavy (non-hydrogen) atoms. The lowest BCUT2D eigenvalue weighted by Crippen LogP contribution is -2.21. The molecule has 182 valence electrons. The van der Waals surface area contributed by atoms with Gasteiger partial charge in [-0.2, -0.15) is 0 Å². The number of esters is 1. The second-order valence-corrected chi connectivity index (χ2v) is 9.25. The standard InChI is InChI=1S/C27H24BrN5O2S/c28-21-12-10-18(11-13-21)22(29)16-26(34)35-17-20-8-4-5-9-23(20)30-27(36)31-25-15-14-24(32-33-25)19-6-2-1-3-7-19/h1-15,22H,16-17,29H2,(H2,30,31,33,36). The molecule has 9 heteroatoms. The van der Waals surface area contributed by atoms with Gasteiger partial charge in [0.2, 0.25) is 0 Å². The molecule has 4 rings (SSSR count). The van der Waals surface area contributed by atoms with E-state index < -0.39 is 6.04 Å². The summed E-state index contributed by atoms with van der Waals surface area (Å²) in [5.74, 6) is 0.132. The Morgan fingerprint density at radius 1 is 0.917 bits per heavy atom. The fourth-order valence-electron chi connectivity index (χ4n) is 3.42. The molecule has 0 aliphatic carbocycles. The number of para-hydroxylation sites is 1. The number of ether oxygens (including phenoxy) is 1. The van der Waals surface area contributed by atoms with Crippen LogP contribution in [0.3, 0.4) is 0 Å². The predicted molar refractivity (Wildman–Crippen MR) is 149 cm³/mol. The Morgan fingerprint density at radius 3 is 2.36 bits per heavy atom. The summed E-state index contributed by atoms with van der Waals surface area (Å²) in [6, 6.07) is 28.1. The molecule has 1 aromatic heterocycles. The van der Waals surface area contributed by atoms with E-state index in [0.717, 1.165) is 26.9 Å². The van der Waals surface area contributed by atoms with Crippen molar-refractivity contribution in [3.05, 3.63) is 107 Å². The predicted octanol–water partition coefficient (Wildman–Crippen LogP) is 5.85. The van der Waals surface area contributed by atoms with Crippen LogP contribution in [0.25, 0.3) is 11.3 Å². The first-order chi connectivity index (χ1) is 17.5. The van der Waals surface area contributed by atoms with E-state index in [0.29, 0.717) is 16.6 Å². The van der Waals surface area contributed by atoms with Gasteiger partial charge in [-0.05, 0) is 48.1 Å². The lowest BCUT2D eigenvalue weighted by Gasteiger charge is -2.15. The van der Waals surface area contributed by atoms with Crippen LogP contribution >= 0.6 is 28.1 Å². The average Bonchev–Trinajstić information content (AvgIpc) is 2.89. The molecule has 0 fully saturated rings. The normalized spacial score (nSPS) is 11.4. The van der Waals surface area contributed by atoms with Crippen molar-refractivity contribution in [2.24, 2.45) is 5.73 Å². The lowest BCUT2D eigenvalue weighted by atomic mass is 10.1. The Bertz CT molecular complexity index is 1320. The number of nitrogens with zero attached hydrogens (tertiary/aromatic N) is 2. The van der Waals surface area contributed by atoms with E-state index in [1.165, 1.54) is 0 Å². The Labute approximate surface area is 223 Å². The highest BCUT2D eigenvalue weighted by Gasteiger charge is 2.14. The molecule has 0 radical (unpaired) electrons. The van der Waals surface area contributed by atoms with Crippen molar-refractivity contribution in [2.45, 2.75) is 19.1 Å². The van der Waals surface area contributed by atoms with Gasteiger partial charge in [0.05, 0.1) is 12.1 Å². The van der Waals surface area contributed by atoms with Crippen molar-refractivity contribution in [2.75, 3.05) is 10.6 Å². The van der Waals surface area contributed by atoms with E-state index in [1.807, 2.05) is 91.0 Å². The van der Waals surface area contributed by atoms with Gasteiger partial charge in [-0.3, -0.25) is 4.79 Å². The zero-order valence-electron chi connectivity index (χ0n) is 19.2. The number of benzene rings is 3. The molecule has 1 unspecified atom stereocenters. The quantitative estimate of drug-likeness (QED) is 0.182. The number of carbonyl (C=O) groups is 1. The van der Waals surface area contributed by atoms with Gasteiger partial charge in [-0.15, -0.1) is 10.2 Å². The van der Waals surface area contributed by atoms with Crippen LogP contribution in [0.5, 0.6) is 0 Å². The molecule has 1 atom stereocenters. The van der Waals surface area contributed by atoms with Gasteiger partial charge in [0.1, 0.15) is 6.61 Å². The van der Waals surface area contributed by atoms with Gasteiger partial charge < -0.3 is 21.1 Å². The van der Waals surface area contributed by atoms with Crippen LogP contribution in [0.1, 0.15) is 23.6 Å². The molecule has 0 bridgehead atoms. The topological polar surface area (TPSA) is 102 Å². The first-order valence-corrected chi connectivity index (χ1v) is 12.4. The molecule has 1 heterocycles. The molecule has 0 aliphatic heterocycles. The van der Waals surface area contributed by atoms with Crippen LogP contribution in [0.15, 0.2) is 95.5 Å². The lowest BCUT2D eigenvalue weighted by molar-refractivity contribution is -0.145. The number of rotatable bonds is 8. The highest BCUT2D eigenvalue weighted by atomic mass is 79.9. The zero-order valence-corrected chi connectivity index (χ0v) is 21.6. The summed E-state index contributed by atoms with van der Waals surface area (Å²) in [7, 11) is 0. The third-order valence-corrected chi connectivity index (χ3v) is 6.05. The second kappa shape index (κ2) is 12.3. The van der Waals surface area contributed by atoms with Crippen LogP contribution in [0.4, 0.5) is 11.5 Å². The maximum Gasteiger partial charge on any atom is 0.308 e. The van der Waals surface area contributed by atoms with Crippen molar-refractivity contribution in [3.63, 3.8) is 0 Å².